The molecule has 0 spiro atoms. The van der Waals surface area contributed by atoms with Gasteiger partial charge in [0, 0.05) is 11.8 Å². The van der Waals surface area contributed by atoms with Crippen LogP contribution < -0.4 is 0 Å². The normalized spacial score (nSPS) is 23.0. The Morgan fingerprint density at radius 3 is 2.82 bits per heavy atom. The van der Waals surface area contributed by atoms with Crippen LogP contribution in [-0.2, 0) is 11.8 Å². The Kier molecular flexibility index (Phi) is 3.07. The van der Waals surface area contributed by atoms with Crippen LogP contribution in [0.15, 0.2) is 30.4 Å². The van der Waals surface area contributed by atoms with Crippen molar-refractivity contribution >= 4 is 0 Å². The van der Waals surface area contributed by atoms with Crippen molar-refractivity contribution in [2.75, 3.05) is 0 Å². The summed E-state index contributed by atoms with van der Waals surface area (Å²) in [5.41, 5.74) is 5.15. The minimum absolute atomic E-state index is 0.103. The summed E-state index contributed by atoms with van der Waals surface area (Å²) >= 11 is 0. The van der Waals surface area contributed by atoms with E-state index in [1.54, 1.807) is 0 Å². The van der Waals surface area contributed by atoms with Crippen LogP contribution in [0.2, 0.25) is 0 Å². The Labute approximate surface area is 104 Å². The molecule has 1 heteroatoms. The van der Waals surface area contributed by atoms with Crippen LogP contribution in [0.1, 0.15) is 42.9 Å². The number of rotatable bonds is 2. The number of hydrogen-bond acceptors (Lipinski definition) is 1. The standard InChI is InChI=1S/C16H19N/c1-4-16(9-10-17)13(3)6-8-14-7-5-12(2)11-15(14)16/h5,7,11H,3-4,6,8-9H2,1-2H3. The maximum absolute atomic E-state index is 9.14. The molecule has 17 heavy (non-hydrogen) atoms. The van der Waals surface area contributed by atoms with Crippen LogP contribution in [0, 0.1) is 18.3 Å². The van der Waals surface area contributed by atoms with Crippen molar-refractivity contribution in [1.82, 2.24) is 0 Å². The van der Waals surface area contributed by atoms with Crippen molar-refractivity contribution in [1.29, 1.82) is 5.26 Å². The molecule has 0 fully saturated rings. The first-order valence-corrected chi connectivity index (χ1v) is 6.29. The fraction of sp³-hybridized carbons (Fsp3) is 0.438. The van der Waals surface area contributed by atoms with Gasteiger partial charge in [0.1, 0.15) is 0 Å². The number of allylic oxidation sites excluding steroid dienone is 1. The summed E-state index contributed by atoms with van der Waals surface area (Å²) in [6.45, 7) is 8.52. The minimum atomic E-state index is -0.103. The minimum Gasteiger partial charge on any atom is -0.198 e. The highest BCUT2D eigenvalue weighted by Crippen LogP contribution is 2.45. The lowest BCUT2D eigenvalue weighted by atomic mass is 9.64. The summed E-state index contributed by atoms with van der Waals surface area (Å²) in [7, 11) is 0. The van der Waals surface area contributed by atoms with Gasteiger partial charge in [-0.05, 0) is 37.3 Å². The number of nitrogens with zero attached hydrogens (tertiary/aromatic N) is 1. The van der Waals surface area contributed by atoms with E-state index >= 15 is 0 Å². The van der Waals surface area contributed by atoms with Crippen LogP contribution in [-0.4, -0.2) is 0 Å². The van der Waals surface area contributed by atoms with Gasteiger partial charge in [-0.15, -0.1) is 0 Å². The van der Waals surface area contributed by atoms with E-state index in [0.29, 0.717) is 6.42 Å². The maximum atomic E-state index is 9.14. The van der Waals surface area contributed by atoms with Gasteiger partial charge in [-0.2, -0.15) is 5.26 Å². The monoisotopic (exact) mass is 225 g/mol. The first-order valence-electron chi connectivity index (χ1n) is 6.29. The predicted octanol–water partition coefficient (Wildman–Crippen LogP) is 4.06. The van der Waals surface area contributed by atoms with Crippen molar-refractivity contribution in [2.45, 2.75) is 44.9 Å². The highest BCUT2D eigenvalue weighted by molar-refractivity contribution is 5.47. The zero-order valence-electron chi connectivity index (χ0n) is 10.7. The van der Waals surface area contributed by atoms with Crippen LogP contribution in [0.4, 0.5) is 0 Å². The molecule has 0 aromatic heterocycles. The molecule has 0 radical (unpaired) electrons. The van der Waals surface area contributed by atoms with E-state index in [2.05, 4.69) is 44.7 Å². The van der Waals surface area contributed by atoms with E-state index in [4.69, 9.17) is 5.26 Å². The summed E-state index contributed by atoms with van der Waals surface area (Å²) in [5, 5.41) is 9.14. The van der Waals surface area contributed by atoms with Crippen LogP contribution >= 0.6 is 0 Å². The number of benzene rings is 1. The van der Waals surface area contributed by atoms with Gasteiger partial charge in [0.2, 0.25) is 0 Å². The average molecular weight is 225 g/mol. The van der Waals surface area contributed by atoms with Crippen molar-refractivity contribution in [3.05, 3.63) is 47.0 Å². The molecule has 1 nitrogen and oxygen atoms in total. The Balaban J connectivity index is 2.63. The van der Waals surface area contributed by atoms with Crippen LogP contribution in [0.25, 0.3) is 0 Å². The summed E-state index contributed by atoms with van der Waals surface area (Å²) in [6, 6.07) is 9.00. The van der Waals surface area contributed by atoms with E-state index in [1.807, 2.05) is 0 Å². The van der Waals surface area contributed by atoms with Gasteiger partial charge >= 0.3 is 0 Å². The molecule has 0 bridgehead atoms. The van der Waals surface area contributed by atoms with Crippen molar-refractivity contribution in [2.24, 2.45) is 0 Å². The molecule has 0 saturated heterocycles. The maximum Gasteiger partial charge on any atom is 0.0634 e. The van der Waals surface area contributed by atoms with E-state index in [0.717, 1.165) is 19.3 Å². The quantitative estimate of drug-likeness (QED) is 0.696. The predicted molar refractivity (Wildman–Crippen MR) is 70.8 cm³/mol. The Bertz CT molecular complexity index is 493. The Morgan fingerprint density at radius 2 is 2.18 bits per heavy atom. The van der Waals surface area contributed by atoms with Crippen molar-refractivity contribution in [3.63, 3.8) is 0 Å². The first-order chi connectivity index (χ1) is 8.14. The molecular weight excluding hydrogens is 206 g/mol. The number of nitriles is 1. The second-order valence-corrected chi connectivity index (χ2v) is 5.03. The van der Waals surface area contributed by atoms with Crippen molar-refractivity contribution < 1.29 is 0 Å². The summed E-state index contributed by atoms with van der Waals surface area (Å²) in [6.07, 6.45) is 3.61. The molecule has 1 unspecified atom stereocenters. The zero-order chi connectivity index (χ0) is 12.5. The lowest BCUT2D eigenvalue weighted by molar-refractivity contribution is 0.456. The van der Waals surface area contributed by atoms with E-state index in [9.17, 15) is 0 Å². The lowest BCUT2D eigenvalue weighted by Gasteiger charge is -2.39. The fourth-order valence-electron chi connectivity index (χ4n) is 2.99. The van der Waals surface area contributed by atoms with Crippen LogP contribution in [0.5, 0.6) is 0 Å². The molecule has 88 valence electrons. The second-order valence-electron chi connectivity index (χ2n) is 5.03. The average Bonchev–Trinajstić information content (AvgIpc) is 2.33. The third kappa shape index (κ3) is 1.78. The zero-order valence-corrected chi connectivity index (χ0v) is 10.7. The molecule has 0 N–H and O–H groups in total. The summed E-state index contributed by atoms with van der Waals surface area (Å²) in [4.78, 5) is 0. The van der Waals surface area contributed by atoms with Gasteiger partial charge in [0.05, 0.1) is 6.07 Å². The van der Waals surface area contributed by atoms with Crippen LogP contribution in [0.3, 0.4) is 0 Å². The molecule has 0 amide bonds. The van der Waals surface area contributed by atoms with Gasteiger partial charge in [-0.25, -0.2) is 0 Å². The van der Waals surface area contributed by atoms with Gasteiger partial charge in [-0.3, -0.25) is 0 Å². The number of hydrogen-bond donors (Lipinski definition) is 0. The van der Waals surface area contributed by atoms with Gasteiger partial charge in [-0.1, -0.05) is 42.8 Å². The Hall–Kier alpha value is -1.55. The highest BCUT2D eigenvalue weighted by Gasteiger charge is 2.37. The molecule has 1 aliphatic rings. The SMILES string of the molecule is C=C1CCc2ccc(C)cc2C1(CC)CC#N. The number of aryl methyl sites for hydroxylation is 2. The Morgan fingerprint density at radius 1 is 1.41 bits per heavy atom. The lowest BCUT2D eigenvalue weighted by Crippen LogP contribution is -2.32. The molecular formula is C16H19N. The van der Waals surface area contributed by atoms with Crippen molar-refractivity contribution in [3.8, 4) is 6.07 Å². The molecule has 0 heterocycles. The molecule has 1 atom stereocenters. The van der Waals surface area contributed by atoms with Gasteiger partial charge < -0.3 is 0 Å². The molecule has 1 aliphatic carbocycles. The smallest absolute Gasteiger partial charge is 0.0634 e. The van der Waals surface area contributed by atoms with E-state index < -0.39 is 0 Å². The number of fused-ring (bicyclic) bond motifs is 1. The molecule has 2 rings (SSSR count). The third-order valence-electron chi connectivity index (χ3n) is 4.14. The van der Waals surface area contributed by atoms with Gasteiger partial charge in [0.25, 0.3) is 0 Å². The topological polar surface area (TPSA) is 23.8 Å². The van der Waals surface area contributed by atoms with E-state index in [-0.39, 0.29) is 5.41 Å². The summed E-state index contributed by atoms with van der Waals surface area (Å²) in [5.74, 6) is 0. The van der Waals surface area contributed by atoms with E-state index in [1.165, 1.54) is 22.3 Å². The molecule has 1 aromatic rings. The fourth-order valence-corrected chi connectivity index (χ4v) is 2.99. The summed E-state index contributed by atoms with van der Waals surface area (Å²) < 4.78 is 0. The molecule has 0 aliphatic heterocycles. The highest BCUT2D eigenvalue weighted by atomic mass is 14.4. The van der Waals surface area contributed by atoms with Gasteiger partial charge in [0.15, 0.2) is 0 Å². The largest absolute Gasteiger partial charge is 0.198 e. The molecule has 0 saturated carbocycles. The first kappa shape index (κ1) is 11.9. The second kappa shape index (κ2) is 4.37. The third-order valence-corrected chi connectivity index (χ3v) is 4.14. The molecule has 1 aromatic carbocycles.